The molecule has 2 atom stereocenters. The highest BCUT2D eigenvalue weighted by molar-refractivity contribution is 7.91. The van der Waals surface area contributed by atoms with E-state index in [4.69, 9.17) is 4.74 Å². The van der Waals surface area contributed by atoms with Crippen molar-refractivity contribution in [3.8, 4) is 11.4 Å². The van der Waals surface area contributed by atoms with Crippen LogP contribution in [0.3, 0.4) is 0 Å². The molecule has 1 aromatic carbocycles. The second-order valence-electron chi connectivity index (χ2n) is 6.06. The molecular formula is C17H21N3O5S. The van der Waals surface area contributed by atoms with E-state index in [2.05, 4.69) is 10.6 Å². The van der Waals surface area contributed by atoms with E-state index in [0.717, 1.165) is 5.69 Å². The maximum atomic E-state index is 12.2. The van der Waals surface area contributed by atoms with Gasteiger partial charge in [-0.2, -0.15) is 0 Å². The summed E-state index contributed by atoms with van der Waals surface area (Å²) in [4.78, 5) is 12.2. The van der Waals surface area contributed by atoms with Gasteiger partial charge in [-0.3, -0.25) is 0 Å². The zero-order valence-corrected chi connectivity index (χ0v) is 15.1. The number of sulfone groups is 1. The summed E-state index contributed by atoms with van der Waals surface area (Å²) in [5.41, 5.74) is 1.28. The van der Waals surface area contributed by atoms with Crippen LogP contribution >= 0.6 is 0 Å². The number of carbonyl (C=O) groups is 1. The van der Waals surface area contributed by atoms with Gasteiger partial charge < -0.3 is 25.0 Å². The molecule has 2 heterocycles. The number of aliphatic hydroxyl groups is 1. The number of carbonyl (C=O) groups excluding carboxylic acids is 1. The first-order chi connectivity index (χ1) is 12.4. The number of rotatable bonds is 5. The van der Waals surface area contributed by atoms with E-state index in [1.165, 1.54) is 0 Å². The van der Waals surface area contributed by atoms with Gasteiger partial charge in [-0.15, -0.1) is 0 Å². The first-order valence-corrected chi connectivity index (χ1v) is 10.1. The first-order valence-electron chi connectivity index (χ1n) is 8.24. The molecule has 1 saturated heterocycles. The number of amides is 2. The summed E-state index contributed by atoms with van der Waals surface area (Å²) in [5, 5.41) is 14.9. The van der Waals surface area contributed by atoms with Gasteiger partial charge in [0, 0.05) is 18.1 Å². The number of benzene rings is 1. The van der Waals surface area contributed by atoms with Gasteiger partial charge in [-0.05, 0) is 37.3 Å². The van der Waals surface area contributed by atoms with E-state index >= 15 is 0 Å². The number of hydrogen-bond acceptors (Lipinski definition) is 5. The minimum atomic E-state index is -3.32. The number of nitrogens with one attached hydrogen (secondary N) is 2. The van der Waals surface area contributed by atoms with Crippen LogP contribution in [-0.2, 0) is 9.84 Å². The minimum absolute atomic E-state index is 0.264. The lowest BCUT2D eigenvalue weighted by Gasteiger charge is -2.17. The van der Waals surface area contributed by atoms with Crippen LogP contribution < -0.4 is 15.4 Å². The van der Waals surface area contributed by atoms with Gasteiger partial charge >= 0.3 is 6.03 Å². The molecule has 1 aromatic heterocycles. The molecular weight excluding hydrogens is 358 g/mol. The van der Waals surface area contributed by atoms with Crippen molar-refractivity contribution in [2.24, 2.45) is 0 Å². The normalized spacial score (nSPS) is 21.3. The average molecular weight is 379 g/mol. The molecule has 0 radical (unpaired) electrons. The Labute approximate surface area is 151 Å². The van der Waals surface area contributed by atoms with E-state index in [9.17, 15) is 18.3 Å². The molecule has 2 aromatic rings. The van der Waals surface area contributed by atoms with Crippen LogP contribution in [0, 0.1) is 0 Å². The number of aliphatic hydroxyl groups excluding tert-OH is 1. The summed E-state index contributed by atoms with van der Waals surface area (Å²) >= 11 is 0. The molecule has 0 unspecified atom stereocenters. The Morgan fingerprint density at radius 1 is 1.31 bits per heavy atom. The smallest absolute Gasteiger partial charge is 0.319 e. The van der Waals surface area contributed by atoms with Gasteiger partial charge in [-0.25, -0.2) is 13.2 Å². The van der Waals surface area contributed by atoms with Crippen molar-refractivity contribution in [1.82, 2.24) is 9.88 Å². The number of urea groups is 1. The Morgan fingerprint density at radius 3 is 2.65 bits per heavy atom. The van der Waals surface area contributed by atoms with Crippen molar-refractivity contribution in [3.05, 3.63) is 42.7 Å². The Bertz CT molecular complexity index is 880. The molecule has 0 saturated carbocycles. The number of hydrogen-bond donors (Lipinski definition) is 3. The monoisotopic (exact) mass is 379 g/mol. The third-order valence-electron chi connectivity index (χ3n) is 4.04. The van der Waals surface area contributed by atoms with Gasteiger partial charge in [-0.1, -0.05) is 0 Å². The third-order valence-corrected chi connectivity index (χ3v) is 5.75. The molecule has 9 heteroatoms. The van der Waals surface area contributed by atoms with Gasteiger partial charge in [0.1, 0.15) is 5.75 Å². The maximum absolute atomic E-state index is 12.2. The van der Waals surface area contributed by atoms with Gasteiger partial charge in [0.15, 0.2) is 9.84 Å². The highest BCUT2D eigenvalue weighted by atomic mass is 32.2. The van der Waals surface area contributed by atoms with Crippen molar-refractivity contribution in [2.45, 2.75) is 19.1 Å². The molecule has 26 heavy (non-hydrogen) atoms. The summed E-state index contributed by atoms with van der Waals surface area (Å²) in [5.74, 6) is 0.0742. The molecule has 140 valence electrons. The second kappa shape index (κ2) is 7.38. The van der Waals surface area contributed by atoms with Gasteiger partial charge in [0.05, 0.1) is 35.9 Å². The molecule has 1 aliphatic rings. The van der Waals surface area contributed by atoms with Crippen LogP contribution in [0.2, 0.25) is 0 Å². The topological polar surface area (TPSA) is 110 Å². The van der Waals surface area contributed by atoms with Crippen LogP contribution in [0.15, 0.2) is 42.7 Å². The Hall–Kier alpha value is -2.52. The molecule has 1 aliphatic heterocycles. The Morgan fingerprint density at radius 2 is 2.04 bits per heavy atom. The fourth-order valence-corrected chi connectivity index (χ4v) is 4.61. The lowest BCUT2D eigenvalue weighted by Crippen LogP contribution is -2.44. The van der Waals surface area contributed by atoms with Gasteiger partial charge in [0.2, 0.25) is 0 Å². The number of aromatic nitrogens is 1. The summed E-state index contributed by atoms with van der Waals surface area (Å²) in [6.07, 6.45) is 2.63. The minimum Gasteiger partial charge on any atom is -0.492 e. The molecule has 1 fully saturated rings. The van der Waals surface area contributed by atoms with Crippen LogP contribution in [-0.4, -0.2) is 54.4 Å². The average Bonchev–Trinajstić information content (AvgIpc) is 3.17. The number of ether oxygens (including phenoxy) is 1. The Kier molecular flexibility index (Phi) is 5.19. The zero-order chi connectivity index (χ0) is 18.7. The van der Waals surface area contributed by atoms with Crippen molar-refractivity contribution in [2.75, 3.05) is 23.4 Å². The van der Waals surface area contributed by atoms with E-state index in [0.29, 0.717) is 18.0 Å². The van der Waals surface area contributed by atoms with Crippen molar-refractivity contribution in [1.29, 1.82) is 0 Å². The standard InChI is InChI=1S/C17H21N3O5S/c1-2-25-16-6-5-12(9-14(16)20-7-3-4-8-20)18-17(22)19-13-10-26(23,24)11-15(13)21/h3-9,13,15,21H,2,10-11H2,1H3,(H2,18,19,22)/t13-,15-/m1/s1. The summed E-state index contributed by atoms with van der Waals surface area (Å²) in [6.45, 7) is 2.40. The van der Waals surface area contributed by atoms with E-state index in [1.807, 2.05) is 36.0 Å². The maximum Gasteiger partial charge on any atom is 0.319 e. The number of anilines is 1. The SMILES string of the molecule is CCOc1ccc(NC(=O)N[C@@H]2CS(=O)(=O)C[C@H]2O)cc1-n1cccc1. The molecule has 0 bridgehead atoms. The van der Waals surface area contributed by atoms with Gasteiger partial charge in [0.25, 0.3) is 0 Å². The van der Waals surface area contributed by atoms with Crippen molar-refractivity contribution in [3.63, 3.8) is 0 Å². The molecule has 0 spiro atoms. The van der Waals surface area contributed by atoms with Crippen molar-refractivity contribution >= 4 is 21.6 Å². The fraction of sp³-hybridized carbons (Fsp3) is 0.353. The highest BCUT2D eigenvalue weighted by Crippen LogP contribution is 2.27. The van der Waals surface area contributed by atoms with Crippen molar-refractivity contribution < 1.29 is 23.1 Å². The molecule has 2 amide bonds. The largest absolute Gasteiger partial charge is 0.492 e. The van der Waals surface area contributed by atoms with E-state index in [1.54, 1.807) is 18.2 Å². The van der Waals surface area contributed by atoms with Crippen LogP contribution in [0.4, 0.5) is 10.5 Å². The molecule has 0 aliphatic carbocycles. The summed E-state index contributed by atoms with van der Waals surface area (Å²) in [7, 11) is -3.32. The second-order valence-corrected chi connectivity index (χ2v) is 8.21. The first kappa shape index (κ1) is 18.3. The van der Waals surface area contributed by atoms with E-state index in [-0.39, 0.29) is 11.5 Å². The van der Waals surface area contributed by atoms with Crippen LogP contribution in [0.5, 0.6) is 5.75 Å². The quantitative estimate of drug-likeness (QED) is 0.722. The lowest BCUT2D eigenvalue weighted by molar-refractivity contribution is 0.167. The molecule has 8 nitrogen and oxygen atoms in total. The Balaban J connectivity index is 1.73. The zero-order valence-electron chi connectivity index (χ0n) is 14.3. The predicted molar refractivity (Wildman–Crippen MR) is 97.5 cm³/mol. The third kappa shape index (κ3) is 4.17. The molecule has 3 rings (SSSR count). The summed E-state index contributed by atoms with van der Waals surface area (Å²) < 4.78 is 30.5. The fourth-order valence-electron chi connectivity index (χ4n) is 2.87. The van der Waals surface area contributed by atoms with Crippen LogP contribution in [0.25, 0.3) is 5.69 Å². The lowest BCUT2D eigenvalue weighted by atomic mass is 10.2. The summed E-state index contributed by atoms with van der Waals surface area (Å²) in [6, 6.07) is 7.57. The highest BCUT2D eigenvalue weighted by Gasteiger charge is 2.37. The predicted octanol–water partition coefficient (Wildman–Crippen LogP) is 1.16. The number of nitrogens with zero attached hydrogens (tertiary/aromatic N) is 1. The van der Waals surface area contributed by atoms with E-state index < -0.39 is 28.0 Å². The van der Waals surface area contributed by atoms with Crippen LogP contribution in [0.1, 0.15) is 6.92 Å². The molecule has 3 N–H and O–H groups in total.